The standard InChI is InChI=1S/C29H26N2O4/c1-19-6-3-4-9-25(19)26(17-27(30-35)24-14-15-28(32)31(2)18-24)21-12-10-20(11-13-21)22-7-5-8-23(16-22)29(33)34/h3-16,18,26-27H,17H2,1-2H3,(H,33,34). The van der Waals surface area contributed by atoms with Crippen molar-refractivity contribution >= 4 is 5.97 Å². The van der Waals surface area contributed by atoms with Crippen LogP contribution in [0, 0.1) is 11.8 Å². The fourth-order valence-corrected chi connectivity index (χ4v) is 4.44. The first-order valence-corrected chi connectivity index (χ1v) is 11.4. The highest BCUT2D eigenvalue weighted by Gasteiger charge is 2.24. The molecule has 1 aromatic heterocycles. The van der Waals surface area contributed by atoms with Crippen molar-refractivity contribution in [2.75, 3.05) is 0 Å². The number of rotatable bonds is 8. The van der Waals surface area contributed by atoms with Crippen LogP contribution in [0.3, 0.4) is 0 Å². The van der Waals surface area contributed by atoms with Crippen molar-refractivity contribution in [2.45, 2.75) is 25.3 Å². The molecule has 0 aliphatic rings. The molecular formula is C29H26N2O4. The third-order valence-electron chi connectivity index (χ3n) is 6.40. The summed E-state index contributed by atoms with van der Waals surface area (Å²) in [7, 11) is 1.66. The lowest BCUT2D eigenvalue weighted by Crippen LogP contribution is -2.16. The summed E-state index contributed by atoms with van der Waals surface area (Å²) in [6, 6.07) is 25.4. The molecule has 1 heterocycles. The van der Waals surface area contributed by atoms with Crippen molar-refractivity contribution in [2.24, 2.45) is 12.2 Å². The number of hydrogen-bond donors (Lipinski definition) is 1. The molecular weight excluding hydrogens is 440 g/mol. The number of nitroso groups, excluding NO2 is 1. The van der Waals surface area contributed by atoms with Crippen molar-refractivity contribution in [3.05, 3.63) is 134 Å². The molecule has 1 N–H and O–H groups in total. The molecule has 4 aromatic rings. The lowest BCUT2D eigenvalue weighted by Gasteiger charge is -2.23. The molecule has 0 saturated carbocycles. The summed E-state index contributed by atoms with van der Waals surface area (Å²) in [6.07, 6.45) is 2.11. The summed E-state index contributed by atoms with van der Waals surface area (Å²) in [4.78, 5) is 35.1. The van der Waals surface area contributed by atoms with Gasteiger partial charge >= 0.3 is 5.97 Å². The number of nitrogens with zero attached hydrogens (tertiary/aromatic N) is 2. The van der Waals surface area contributed by atoms with Crippen LogP contribution in [0.25, 0.3) is 11.1 Å². The molecule has 0 amide bonds. The predicted octanol–water partition coefficient (Wildman–Crippen LogP) is 6.09. The largest absolute Gasteiger partial charge is 0.478 e. The maximum Gasteiger partial charge on any atom is 0.335 e. The van der Waals surface area contributed by atoms with E-state index in [0.29, 0.717) is 12.0 Å². The molecule has 0 aliphatic heterocycles. The zero-order valence-corrected chi connectivity index (χ0v) is 19.6. The van der Waals surface area contributed by atoms with Crippen LogP contribution >= 0.6 is 0 Å². The first-order chi connectivity index (χ1) is 16.9. The van der Waals surface area contributed by atoms with Gasteiger partial charge in [0.1, 0.15) is 6.04 Å². The van der Waals surface area contributed by atoms with E-state index in [-0.39, 0.29) is 17.0 Å². The van der Waals surface area contributed by atoms with E-state index in [0.717, 1.165) is 27.8 Å². The van der Waals surface area contributed by atoms with Crippen LogP contribution in [-0.2, 0) is 7.05 Å². The summed E-state index contributed by atoms with van der Waals surface area (Å²) in [5, 5.41) is 12.7. The molecule has 176 valence electrons. The van der Waals surface area contributed by atoms with Gasteiger partial charge in [-0.1, -0.05) is 65.8 Å². The van der Waals surface area contributed by atoms with Gasteiger partial charge in [0.2, 0.25) is 5.56 Å². The zero-order chi connectivity index (χ0) is 24.9. The number of aromatic carboxylic acids is 1. The Labute approximate surface area is 203 Å². The van der Waals surface area contributed by atoms with Gasteiger partial charge in [-0.15, -0.1) is 0 Å². The van der Waals surface area contributed by atoms with Gasteiger partial charge in [-0.05, 0) is 64.9 Å². The number of carbonyl (C=O) groups is 1. The first-order valence-electron chi connectivity index (χ1n) is 11.4. The van der Waals surface area contributed by atoms with E-state index in [2.05, 4.69) is 11.2 Å². The molecule has 0 fully saturated rings. The van der Waals surface area contributed by atoms with E-state index >= 15 is 0 Å². The van der Waals surface area contributed by atoms with E-state index in [1.807, 2.05) is 55.5 Å². The Hall–Kier alpha value is -4.32. The average molecular weight is 467 g/mol. The predicted molar refractivity (Wildman–Crippen MR) is 137 cm³/mol. The highest BCUT2D eigenvalue weighted by Crippen LogP contribution is 2.37. The minimum Gasteiger partial charge on any atom is -0.478 e. The molecule has 6 nitrogen and oxygen atoms in total. The topological polar surface area (TPSA) is 88.7 Å². The minimum absolute atomic E-state index is 0.101. The molecule has 3 aromatic carbocycles. The second-order valence-corrected chi connectivity index (χ2v) is 8.69. The first kappa shape index (κ1) is 23.8. The average Bonchev–Trinajstić information content (AvgIpc) is 2.87. The Morgan fingerprint density at radius 1 is 0.914 bits per heavy atom. The third-order valence-corrected chi connectivity index (χ3v) is 6.40. The summed E-state index contributed by atoms with van der Waals surface area (Å²) in [5.41, 5.74) is 5.76. The molecule has 6 heteroatoms. The molecule has 4 rings (SSSR count). The normalized spacial score (nSPS) is 12.6. The second-order valence-electron chi connectivity index (χ2n) is 8.69. The summed E-state index contributed by atoms with van der Waals surface area (Å²) >= 11 is 0. The van der Waals surface area contributed by atoms with Gasteiger partial charge in [0.15, 0.2) is 0 Å². The molecule has 2 unspecified atom stereocenters. The van der Waals surface area contributed by atoms with Crippen molar-refractivity contribution in [1.82, 2.24) is 4.57 Å². The Morgan fingerprint density at radius 3 is 2.29 bits per heavy atom. The Kier molecular flexibility index (Phi) is 7.01. The SMILES string of the molecule is Cc1ccccc1C(CC(N=O)c1ccc(=O)n(C)c1)c1ccc(-c2cccc(C(=O)O)c2)cc1. The smallest absolute Gasteiger partial charge is 0.335 e. The highest BCUT2D eigenvalue weighted by molar-refractivity contribution is 5.89. The van der Waals surface area contributed by atoms with E-state index in [4.69, 9.17) is 0 Å². The Bertz CT molecular complexity index is 1420. The molecule has 0 aliphatic carbocycles. The number of benzene rings is 3. The van der Waals surface area contributed by atoms with Crippen molar-refractivity contribution in [3.63, 3.8) is 0 Å². The van der Waals surface area contributed by atoms with Gasteiger partial charge in [-0.2, -0.15) is 4.91 Å². The molecule has 35 heavy (non-hydrogen) atoms. The van der Waals surface area contributed by atoms with Crippen LogP contribution in [0.5, 0.6) is 0 Å². The summed E-state index contributed by atoms with van der Waals surface area (Å²) in [5.74, 6) is -1.07. The minimum atomic E-state index is -0.964. The molecule has 0 bridgehead atoms. The fraction of sp³-hybridized carbons (Fsp3) is 0.172. The highest BCUT2D eigenvalue weighted by atomic mass is 16.4. The molecule has 0 spiro atoms. The van der Waals surface area contributed by atoms with Crippen molar-refractivity contribution in [3.8, 4) is 11.1 Å². The van der Waals surface area contributed by atoms with Crippen LogP contribution in [0.15, 0.2) is 101 Å². The number of pyridine rings is 1. The van der Waals surface area contributed by atoms with Crippen molar-refractivity contribution < 1.29 is 9.90 Å². The van der Waals surface area contributed by atoms with Crippen LogP contribution < -0.4 is 5.56 Å². The number of aryl methyl sites for hydroxylation is 2. The number of carboxylic acid groups (broad SMARTS) is 1. The van der Waals surface area contributed by atoms with Gasteiger partial charge in [-0.3, -0.25) is 4.79 Å². The monoisotopic (exact) mass is 466 g/mol. The third kappa shape index (κ3) is 5.27. The van der Waals surface area contributed by atoms with E-state index in [9.17, 15) is 19.6 Å². The molecule has 2 atom stereocenters. The number of hydrogen-bond acceptors (Lipinski definition) is 4. The summed E-state index contributed by atoms with van der Waals surface area (Å²) < 4.78 is 1.45. The van der Waals surface area contributed by atoms with E-state index in [1.165, 1.54) is 10.6 Å². The van der Waals surface area contributed by atoms with Crippen LogP contribution in [-0.4, -0.2) is 15.6 Å². The van der Waals surface area contributed by atoms with E-state index < -0.39 is 12.0 Å². The summed E-state index contributed by atoms with van der Waals surface area (Å²) in [6.45, 7) is 2.05. The Morgan fingerprint density at radius 2 is 1.63 bits per heavy atom. The number of aromatic nitrogens is 1. The Balaban J connectivity index is 1.72. The van der Waals surface area contributed by atoms with Crippen LogP contribution in [0.1, 0.15) is 51.0 Å². The van der Waals surface area contributed by atoms with Gasteiger partial charge < -0.3 is 9.67 Å². The molecule has 0 saturated heterocycles. The quantitative estimate of drug-likeness (QED) is 0.318. The maximum atomic E-state index is 11.9. The van der Waals surface area contributed by atoms with Crippen LogP contribution in [0.2, 0.25) is 0 Å². The number of carboxylic acids is 1. The zero-order valence-electron chi connectivity index (χ0n) is 19.6. The lowest BCUT2D eigenvalue weighted by atomic mass is 9.82. The second kappa shape index (κ2) is 10.3. The van der Waals surface area contributed by atoms with Crippen molar-refractivity contribution in [1.29, 1.82) is 0 Å². The maximum absolute atomic E-state index is 11.9. The van der Waals surface area contributed by atoms with Gasteiger partial charge in [0.25, 0.3) is 0 Å². The van der Waals surface area contributed by atoms with Gasteiger partial charge in [-0.25, -0.2) is 4.79 Å². The van der Waals surface area contributed by atoms with Crippen LogP contribution in [0.4, 0.5) is 0 Å². The lowest BCUT2D eigenvalue weighted by molar-refractivity contribution is 0.0697. The van der Waals surface area contributed by atoms with Gasteiger partial charge in [0, 0.05) is 25.2 Å². The van der Waals surface area contributed by atoms with E-state index in [1.54, 1.807) is 37.5 Å². The fourth-order valence-electron chi connectivity index (χ4n) is 4.44. The molecule has 0 radical (unpaired) electrons. The van der Waals surface area contributed by atoms with Gasteiger partial charge in [0.05, 0.1) is 5.56 Å².